The lowest BCUT2D eigenvalue weighted by molar-refractivity contribution is -0.140. The van der Waals surface area contributed by atoms with Gasteiger partial charge in [-0.2, -0.15) is 26.3 Å². The Labute approximate surface area is 203 Å². The van der Waals surface area contributed by atoms with Gasteiger partial charge in [-0.05, 0) is 41.0 Å². The molecule has 2 nitrogen and oxygen atoms in total. The van der Waals surface area contributed by atoms with Crippen molar-refractivity contribution >= 4 is 0 Å². The normalized spacial score (nSPS) is 11.8. The fourth-order valence-corrected chi connectivity index (χ4v) is 3.79. The molecule has 4 rings (SSSR count). The van der Waals surface area contributed by atoms with Gasteiger partial charge in [-0.1, -0.05) is 72.8 Å². The Balaban J connectivity index is 1.69. The Kier molecular flexibility index (Phi) is 7.24. The van der Waals surface area contributed by atoms with Crippen molar-refractivity contribution in [2.45, 2.75) is 25.6 Å². The maximum absolute atomic E-state index is 13.4. The summed E-state index contributed by atoms with van der Waals surface area (Å²) in [5.41, 5.74) is 0.603. The van der Waals surface area contributed by atoms with Crippen LogP contribution in [0.25, 0.3) is 11.1 Å². The van der Waals surface area contributed by atoms with Gasteiger partial charge in [0.25, 0.3) is 0 Å². The van der Waals surface area contributed by atoms with Gasteiger partial charge in [-0.25, -0.2) is 0 Å². The zero-order chi connectivity index (χ0) is 25.8. The lowest BCUT2D eigenvalue weighted by atomic mass is 9.96. The first kappa shape index (κ1) is 25.2. The minimum absolute atomic E-state index is 0.243. The molecule has 0 aliphatic heterocycles. The van der Waals surface area contributed by atoms with E-state index in [1.165, 1.54) is 36.4 Å². The van der Waals surface area contributed by atoms with Crippen molar-refractivity contribution in [1.82, 2.24) is 0 Å². The highest BCUT2D eigenvalue weighted by atomic mass is 19.4. The third kappa shape index (κ3) is 5.82. The summed E-state index contributed by atoms with van der Waals surface area (Å²) in [5.74, 6) is -0.688. The SMILES string of the molecule is FC(F)(F)c1ccccc1OCc1cccc(-c2ccccc2)c1COc1ccccc1C(F)(F)F. The first-order valence-corrected chi connectivity index (χ1v) is 10.9. The number of benzene rings is 4. The molecule has 0 radical (unpaired) electrons. The highest BCUT2D eigenvalue weighted by Crippen LogP contribution is 2.38. The van der Waals surface area contributed by atoms with E-state index in [0.29, 0.717) is 16.7 Å². The first-order valence-electron chi connectivity index (χ1n) is 10.9. The van der Waals surface area contributed by atoms with Crippen LogP contribution in [0.15, 0.2) is 97.1 Å². The van der Waals surface area contributed by atoms with Gasteiger partial charge in [0.2, 0.25) is 0 Å². The van der Waals surface area contributed by atoms with E-state index in [-0.39, 0.29) is 24.7 Å². The molecular weight excluding hydrogens is 482 g/mol. The molecule has 4 aromatic rings. The number of ether oxygens (including phenoxy) is 2. The molecule has 0 aliphatic rings. The smallest absolute Gasteiger partial charge is 0.419 e. The van der Waals surface area contributed by atoms with Crippen LogP contribution in [-0.4, -0.2) is 0 Å². The van der Waals surface area contributed by atoms with Crippen LogP contribution in [0.1, 0.15) is 22.3 Å². The van der Waals surface area contributed by atoms with Crippen LogP contribution in [0.3, 0.4) is 0 Å². The molecule has 0 aromatic heterocycles. The van der Waals surface area contributed by atoms with E-state index >= 15 is 0 Å². The van der Waals surface area contributed by atoms with Crippen LogP contribution in [0.5, 0.6) is 11.5 Å². The average molecular weight is 502 g/mol. The van der Waals surface area contributed by atoms with Crippen LogP contribution in [-0.2, 0) is 25.6 Å². The summed E-state index contributed by atoms with van der Waals surface area (Å²) in [6.07, 6.45) is -9.21. The summed E-state index contributed by atoms with van der Waals surface area (Å²) in [6.45, 7) is -0.495. The Hall–Kier alpha value is -3.94. The lowest BCUT2D eigenvalue weighted by Crippen LogP contribution is -2.11. The molecule has 0 saturated heterocycles. The molecule has 0 atom stereocenters. The summed E-state index contributed by atoms with van der Waals surface area (Å²) in [7, 11) is 0. The van der Waals surface area contributed by atoms with Crippen LogP contribution >= 0.6 is 0 Å². The minimum atomic E-state index is -4.61. The molecule has 0 bridgehead atoms. The molecule has 0 aliphatic carbocycles. The van der Waals surface area contributed by atoms with E-state index < -0.39 is 23.5 Å². The highest BCUT2D eigenvalue weighted by Gasteiger charge is 2.35. The molecular formula is C28H20F6O2. The third-order valence-electron chi connectivity index (χ3n) is 5.50. The van der Waals surface area contributed by atoms with Crippen molar-refractivity contribution in [2.24, 2.45) is 0 Å². The van der Waals surface area contributed by atoms with Crippen LogP contribution in [0.4, 0.5) is 26.3 Å². The molecule has 0 saturated carbocycles. The van der Waals surface area contributed by atoms with Gasteiger partial charge in [0.15, 0.2) is 0 Å². The molecule has 4 aromatic carbocycles. The zero-order valence-electron chi connectivity index (χ0n) is 18.7. The Morgan fingerprint density at radius 2 is 1.00 bits per heavy atom. The van der Waals surface area contributed by atoms with Gasteiger partial charge < -0.3 is 9.47 Å². The Morgan fingerprint density at radius 1 is 0.500 bits per heavy atom. The fraction of sp³-hybridized carbons (Fsp3) is 0.143. The number of halogens is 6. The van der Waals surface area contributed by atoms with E-state index in [0.717, 1.165) is 17.7 Å². The highest BCUT2D eigenvalue weighted by molar-refractivity contribution is 5.68. The standard InChI is InChI=1S/C28H20F6O2/c29-27(30,31)23-13-4-6-15-25(23)35-17-20-11-8-12-21(19-9-2-1-3-10-19)22(20)18-36-26-16-7-5-14-24(26)28(32,33)34/h1-16H,17-18H2. The summed E-state index contributed by atoms with van der Waals surface area (Å²) in [4.78, 5) is 0. The second-order valence-electron chi connectivity index (χ2n) is 7.87. The summed E-state index contributed by atoms with van der Waals surface area (Å²) >= 11 is 0. The molecule has 36 heavy (non-hydrogen) atoms. The Morgan fingerprint density at radius 3 is 1.56 bits per heavy atom. The third-order valence-corrected chi connectivity index (χ3v) is 5.50. The summed E-state index contributed by atoms with van der Waals surface area (Å²) in [6, 6.07) is 23.9. The second-order valence-corrected chi connectivity index (χ2v) is 7.87. The van der Waals surface area contributed by atoms with Crippen molar-refractivity contribution in [3.63, 3.8) is 0 Å². The number of hydrogen-bond donors (Lipinski definition) is 0. The van der Waals surface area contributed by atoms with Crippen LogP contribution < -0.4 is 9.47 Å². The predicted molar refractivity (Wildman–Crippen MR) is 123 cm³/mol. The molecule has 0 heterocycles. The van der Waals surface area contributed by atoms with Crippen molar-refractivity contribution in [1.29, 1.82) is 0 Å². The average Bonchev–Trinajstić information content (AvgIpc) is 2.86. The molecule has 0 unspecified atom stereocenters. The van der Waals surface area contributed by atoms with Gasteiger partial charge in [-0.15, -0.1) is 0 Å². The molecule has 0 spiro atoms. The van der Waals surface area contributed by atoms with E-state index in [9.17, 15) is 26.3 Å². The van der Waals surface area contributed by atoms with Gasteiger partial charge in [0.1, 0.15) is 24.7 Å². The number of para-hydroxylation sites is 2. The zero-order valence-corrected chi connectivity index (χ0v) is 18.7. The number of rotatable bonds is 7. The van der Waals surface area contributed by atoms with Crippen molar-refractivity contribution in [3.05, 3.63) is 119 Å². The van der Waals surface area contributed by atoms with Crippen molar-refractivity contribution in [3.8, 4) is 22.6 Å². The van der Waals surface area contributed by atoms with E-state index in [1.807, 2.05) is 30.3 Å². The fourth-order valence-electron chi connectivity index (χ4n) is 3.79. The van der Waals surface area contributed by atoms with Gasteiger partial charge in [0, 0.05) is 5.56 Å². The van der Waals surface area contributed by atoms with Gasteiger partial charge in [-0.3, -0.25) is 0 Å². The van der Waals surface area contributed by atoms with Crippen LogP contribution in [0, 0.1) is 0 Å². The van der Waals surface area contributed by atoms with E-state index in [1.54, 1.807) is 18.2 Å². The lowest BCUT2D eigenvalue weighted by Gasteiger charge is -2.19. The van der Waals surface area contributed by atoms with Gasteiger partial charge in [0.05, 0.1) is 11.1 Å². The molecule has 0 N–H and O–H groups in total. The maximum Gasteiger partial charge on any atom is 0.419 e. The topological polar surface area (TPSA) is 18.5 Å². The monoisotopic (exact) mass is 502 g/mol. The van der Waals surface area contributed by atoms with Crippen molar-refractivity contribution < 1.29 is 35.8 Å². The summed E-state index contributed by atoms with van der Waals surface area (Å²) in [5, 5.41) is 0. The molecule has 8 heteroatoms. The van der Waals surface area contributed by atoms with Crippen LogP contribution in [0.2, 0.25) is 0 Å². The predicted octanol–water partition coefficient (Wildman–Crippen LogP) is 8.55. The largest absolute Gasteiger partial charge is 0.488 e. The van der Waals surface area contributed by atoms with Gasteiger partial charge >= 0.3 is 12.4 Å². The number of hydrogen-bond acceptors (Lipinski definition) is 2. The second kappa shape index (κ2) is 10.4. The quantitative estimate of drug-likeness (QED) is 0.236. The van der Waals surface area contributed by atoms with E-state index in [2.05, 4.69) is 0 Å². The maximum atomic E-state index is 13.4. The van der Waals surface area contributed by atoms with Crippen molar-refractivity contribution in [2.75, 3.05) is 0 Å². The van der Waals surface area contributed by atoms with E-state index in [4.69, 9.17) is 9.47 Å². The minimum Gasteiger partial charge on any atom is -0.488 e. The molecule has 186 valence electrons. The Bertz CT molecular complexity index is 1310. The summed E-state index contributed by atoms with van der Waals surface area (Å²) < 4.78 is 91.7. The number of alkyl halides is 6. The molecule has 0 amide bonds. The first-order chi connectivity index (χ1) is 17.1. The molecule has 0 fully saturated rings.